The number of phenols is 1. The number of rotatable bonds is 2. The lowest BCUT2D eigenvalue weighted by Gasteiger charge is -2.19. The number of H-pyrrole nitrogens is 1. The summed E-state index contributed by atoms with van der Waals surface area (Å²) >= 11 is 0. The number of hydrogen-bond donors (Lipinski definition) is 2. The van der Waals surface area contributed by atoms with Crippen LogP contribution < -0.4 is 4.74 Å². The zero-order valence-corrected chi connectivity index (χ0v) is 11.1. The molecule has 0 amide bonds. The summed E-state index contributed by atoms with van der Waals surface area (Å²) in [5.41, 5.74) is 2.56. The second-order valence-corrected chi connectivity index (χ2v) is 5.29. The van der Waals surface area contributed by atoms with E-state index in [1.807, 2.05) is 6.07 Å². The topological polar surface area (TPSA) is 58.1 Å². The maximum Gasteiger partial charge on any atom is 0.123 e. The van der Waals surface area contributed by atoms with Crippen molar-refractivity contribution in [2.75, 3.05) is 7.11 Å². The SMILES string of the molecule is COc1ccc(O)c(-c2cn[nH]c2C(C)(C)C)c1. The minimum atomic E-state index is -0.0681. The molecule has 2 N–H and O–H groups in total. The van der Waals surface area contributed by atoms with E-state index in [1.54, 1.807) is 25.4 Å². The molecule has 96 valence electrons. The van der Waals surface area contributed by atoms with Gasteiger partial charge in [0.25, 0.3) is 0 Å². The first kappa shape index (κ1) is 12.5. The first-order chi connectivity index (χ1) is 8.43. The second-order valence-electron chi connectivity index (χ2n) is 5.29. The predicted octanol–water partition coefficient (Wildman–Crippen LogP) is 3.09. The van der Waals surface area contributed by atoms with Crippen LogP contribution in [0.3, 0.4) is 0 Å². The fourth-order valence-corrected chi connectivity index (χ4v) is 1.92. The average molecular weight is 246 g/mol. The highest BCUT2D eigenvalue weighted by Crippen LogP contribution is 2.37. The molecule has 4 heteroatoms. The zero-order chi connectivity index (χ0) is 13.3. The molecule has 1 aromatic heterocycles. The fourth-order valence-electron chi connectivity index (χ4n) is 1.92. The number of aromatic hydroxyl groups is 1. The van der Waals surface area contributed by atoms with Crippen LogP contribution in [0.2, 0.25) is 0 Å². The number of benzene rings is 1. The third-order valence-electron chi connectivity index (χ3n) is 2.88. The van der Waals surface area contributed by atoms with E-state index in [4.69, 9.17) is 4.74 Å². The molecule has 0 unspecified atom stereocenters. The molecular formula is C14H18N2O2. The van der Waals surface area contributed by atoms with E-state index in [9.17, 15) is 5.11 Å². The maximum atomic E-state index is 10.00. The van der Waals surface area contributed by atoms with Crippen LogP contribution in [0.15, 0.2) is 24.4 Å². The molecule has 1 heterocycles. The molecule has 1 aromatic carbocycles. The Bertz CT molecular complexity index is 553. The highest BCUT2D eigenvalue weighted by molar-refractivity contribution is 5.73. The lowest BCUT2D eigenvalue weighted by atomic mass is 9.87. The summed E-state index contributed by atoms with van der Waals surface area (Å²) in [6, 6.07) is 5.18. The van der Waals surface area contributed by atoms with Crippen LogP contribution in [0.4, 0.5) is 0 Å². The van der Waals surface area contributed by atoms with Crippen molar-refractivity contribution in [1.29, 1.82) is 0 Å². The van der Waals surface area contributed by atoms with Crippen molar-refractivity contribution in [3.05, 3.63) is 30.1 Å². The third-order valence-corrected chi connectivity index (χ3v) is 2.88. The van der Waals surface area contributed by atoms with Gasteiger partial charge in [-0.1, -0.05) is 20.8 Å². The van der Waals surface area contributed by atoms with E-state index >= 15 is 0 Å². The van der Waals surface area contributed by atoms with Crippen molar-refractivity contribution in [2.45, 2.75) is 26.2 Å². The summed E-state index contributed by atoms with van der Waals surface area (Å²) in [6.07, 6.45) is 1.73. The molecule has 18 heavy (non-hydrogen) atoms. The van der Waals surface area contributed by atoms with Gasteiger partial charge < -0.3 is 9.84 Å². The van der Waals surface area contributed by atoms with E-state index in [1.165, 1.54) is 0 Å². The smallest absolute Gasteiger partial charge is 0.123 e. The zero-order valence-electron chi connectivity index (χ0n) is 11.1. The highest BCUT2D eigenvalue weighted by Gasteiger charge is 2.22. The van der Waals surface area contributed by atoms with Crippen molar-refractivity contribution in [3.63, 3.8) is 0 Å². The van der Waals surface area contributed by atoms with Crippen LogP contribution in [-0.4, -0.2) is 22.4 Å². The highest BCUT2D eigenvalue weighted by atomic mass is 16.5. The maximum absolute atomic E-state index is 10.00. The minimum absolute atomic E-state index is 0.0681. The van der Waals surface area contributed by atoms with Gasteiger partial charge in [-0.3, -0.25) is 5.10 Å². The molecule has 0 aliphatic carbocycles. The van der Waals surface area contributed by atoms with Crippen LogP contribution in [-0.2, 0) is 5.41 Å². The number of hydrogen-bond acceptors (Lipinski definition) is 3. The van der Waals surface area contributed by atoms with Gasteiger partial charge >= 0.3 is 0 Å². The van der Waals surface area contributed by atoms with Gasteiger partial charge in [-0.05, 0) is 18.2 Å². The number of ether oxygens (including phenoxy) is 1. The quantitative estimate of drug-likeness (QED) is 0.856. The first-order valence-corrected chi connectivity index (χ1v) is 5.84. The Labute approximate surface area is 107 Å². The fraction of sp³-hybridized carbons (Fsp3) is 0.357. The Morgan fingerprint density at radius 2 is 1.94 bits per heavy atom. The van der Waals surface area contributed by atoms with Crippen LogP contribution in [0.25, 0.3) is 11.1 Å². The Hall–Kier alpha value is -1.97. The molecule has 2 rings (SSSR count). The van der Waals surface area contributed by atoms with Crippen LogP contribution in [0.5, 0.6) is 11.5 Å². The molecule has 0 aliphatic heterocycles. The van der Waals surface area contributed by atoms with Crippen molar-refractivity contribution >= 4 is 0 Å². The van der Waals surface area contributed by atoms with Gasteiger partial charge in [0.1, 0.15) is 11.5 Å². The largest absolute Gasteiger partial charge is 0.507 e. The Kier molecular flexibility index (Phi) is 3.03. The summed E-state index contributed by atoms with van der Waals surface area (Å²) in [5, 5.41) is 17.1. The molecular weight excluding hydrogens is 228 g/mol. The van der Waals surface area contributed by atoms with Gasteiger partial charge in [0.2, 0.25) is 0 Å². The van der Waals surface area contributed by atoms with Gasteiger partial charge in [-0.15, -0.1) is 0 Å². The number of aromatic amines is 1. The summed E-state index contributed by atoms with van der Waals surface area (Å²) in [4.78, 5) is 0. The Morgan fingerprint density at radius 3 is 2.56 bits per heavy atom. The van der Waals surface area contributed by atoms with Crippen LogP contribution in [0.1, 0.15) is 26.5 Å². The molecule has 0 saturated heterocycles. The predicted molar refractivity (Wildman–Crippen MR) is 70.9 cm³/mol. The monoisotopic (exact) mass is 246 g/mol. The third kappa shape index (κ3) is 2.18. The van der Waals surface area contributed by atoms with Crippen molar-refractivity contribution in [2.24, 2.45) is 0 Å². The molecule has 0 aliphatic rings. The molecule has 0 fully saturated rings. The normalized spacial score (nSPS) is 11.6. The van der Waals surface area contributed by atoms with Crippen LogP contribution in [0, 0.1) is 0 Å². The molecule has 2 aromatic rings. The summed E-state index contributed by atoms with van der Waals surface area (Å²) in [7, 11) is 1.61. The van der Waals surface area contributed by atoms with Gasteiger partial charge in [0.15, 0.2) is 0 Å². The van der Waals surface area contributed by atoms with Crippen molar-refractivity contribution in [1.82, 2.24) is 10.2 Å². The molecule has 0 spiro atoms. The number of phenolic OH excluding ortho intramolecular Hbond substituents is 1. The van der Waals surface area contributed by atoms with Gasteiger partial charge in [0, 0.05) is 22.2 Å². The van der Waals surface area contributed by atoms with Crippen molar-refractivity contribution in [3.8, 4) is 22.6 Å². The number of aromatic nitrogens is 2. The molecule has 0 atom stereocenters. The van der Waals surface area contributed by atoms with E-state index in [-0.39, 0.29) is 11.2 Å². The van der Waals surface area contributed by atoms with E-state index in [2.05, 4.69) is 31.0 Å². The van der Waals surface area contributed by atoms with Gasteiger partial charge in [-0.2, -0.15) is 5.10 Å². The Morgan fingerprint density at radius 1 is 1.22 bits per heavy atom. The second kappa shape index (κ2) is 4.37. The summed E-state index contributed by atoms with van der Waals surface area (Å²) < 4.78 is 5.19. The standard InChI is InChI=1S/C14H18N2O2/c1-14(2,3)13-11(8-15-16-13)10-7-9(18-4)5-6-12(10)17/h5-8,17H,1-4H3,(H,15,16). The van der Waals surface area contributed by atoms with E-state index in [0.717, 1.165) is 16.8 Å². The Balaban J connectivity index is 2.59. The first-order valence-electron chi connectivity index (χ1n) is 5.84. The molecule has 4 nitrogen and oxygen atoms in total. The summed E-state index contributed by atoms with van der Waals surface area (Å²) in [6.45, 7) is 6.30. The lowest BCUT2D eigenvalue weighted by Crippen LogP contribution is -2.13. The molecule has 0 radical (unpaired) electrons. The minimum Gasteiger partial charge on any atom is -0.507 e. The van der Waals surface area contributed by atoms with E-state index < -0.39 is 0 Å². The van der Waals surface area contributed by atoms with Gasteiger partial charge in [-0.25, -0.2) is 0 Å². The summed E-state index contributed by atoms with van der Waals surface area (Å²) in [5.74, 6) is 0.937. The van der Waals surface area contributed by atoms with Crippen LogP contribution >= 0.6 is 0 Å². The number of nitrogens with one attached hydrogen (secondary N) is 1. The number of methoxy groups -OCH3 is 1. The van der Waals surface area contributed by atoms with Crippen molar-refractivity contribution < 1.29 is 9.84 Å². The van der Waals surface area contributed by atoms with E-state index in [0.29, 0.717) is 5.75 Å². The number of nitrogens with zero attached hydrogens (tertiary/aromatic N) is 1. The lowest BCUT2D eigenvalue weighted by molar-refractivity contribution is 0.412. The molecule has 0 bridgehead atoms. The average Bonchev–Trinajstić information content (AvgIpc) is 2.78. The van der Waals surface area contributed by atoms with Gasteiger partial charge in [0.05, 0.1) is 13.3 Å². The molecule has 0 saturated carbocycles.